The Balaban J connectivity index is 1.86. The molecule has 0 fully saturated rings. The molecule has 0 spiro atoms. The lowest BCUT2D eigenvalue weighted by molar-refractivity contribution is 0.404. The number of aromatic nitrogens is 3. The molecule has 2 heterocycles. The van der Waals surface area contributed by atoms with Crippen molar-refractivity contribution < 1.29 is 5.11 Å². The van der Waals surface area contributed by atoms with E-state index < -0.39 is 0 Å². The Morgan fingerprint density at radius 1 is 1.39 bits per heavy atom. The lowest BCUT2D eigenvalue weighted by Gasteiger charge is -2.20. The highest BCUT2D eigenvalue weighted by molar-refractivity contribution is 5.29. The summed E-state index contributed by atoms with van der Waals surface area (Å²) in [7, 11) is 0. The first-order valence-electron chi connectivity index (χ1n) is 6.41. The van der Waals surface area contributed by atoms with Crippen LogP contribution in [0, 0.1) is 5.92 Å². The maximum absolute atomic E-state index is 9.47. The van der Waals surface area contributed by atoms with Gasteiger partial charge in [0.05, 0.1) is 0 Å². The number of hydrogen-bond acceptors (Lipinski definition) is 3. The van der Waals surface area contributed by atoms with Gasteiger partial charge in [0.15, 0.2) is 0 Å². The first kappa shape index (κ1) is 11.3. The largest absolute Gasteiger partial charge is 0.508 e. The van der Waals surface area contributed by atoms with Crippen LogP contribution in [0.25, 0.3) is 0 Å². The molecule has 4 nitrogen and oxygen atoms in total. The first-order valence-corrected chi connectivity index (χ1v) is 6.41. The van der Waals surface area contributed by atoms with Gasteiger partial charge in [-0.3, -0.25) is 0 Å². The number of benzene rings is 1. The predicted molar refractivity (Wildman–Crippen MR) is 68.4 cm³/mol. The molecule has 0 saturated carbocycles. The van der Waals surface area contributed by atoms with E-state index in [4.69, 9.17) is 0 Å². The van der Waals surface area contributed by atoms with Crippen LogP contribution in [0.5, 0.6) is 5.75 Å². The normalized spacial score (nSPS) is 18.6. The molecular weight excluding hydrogens is 226 g/mol. The second-order valence-electron chi connectivity index (χ2n) is 5.13. The molecule has 3 rings (SSSR count). The molecule has 1 unspecified atom stereocenters. The molecule has 0 aliphatic carbocycles. The van der Waals surface area contributed by atoms with Crippen molar-refractivity contribution in [2.75, 3.05) is 0 Å². The maximum Gasteiger partial charge on any atom is 0.137 e. The van der Waals surface area contributed by atoms with Crippen molar-refractivity contribution in [2.45, 2.75) is 32.7 Å². The van der Waals surface area contributed by atoms with E-state index in [0.717, 1.165) is 36.6 Å². The van der Waals surface area contributed by atoms with Gasteiger partial charge in [-0.2, -0.15) is 0 Å². The number of nitrogens with zero attached hydrogens (tertiary/aromatic N) is 3. The molecule has 1 aromatic carbocycles. The van der Waals surface area contributed by atoms with Crippen LogP contribution in [0.3, 0.4) is 0 Å². The number of hydrogen-bond donors (Lipinski definition) is 1. The third kappa shape index (κ3) is 2.10. The van der Waals surface area contributed by atoms with E-state index >= 15 is 0 Å². The van der Waals surface area contributed by atoms with Crippen molar-refractivity contribution in [1.82, 2.24) is 14.8 Å². The van der Waals surface area contributed by atoms with Crippen molar-refractivity contribution in [2.24, 2.45) is 5.92 Å². The third-order valence-electron chi connectivity index (χ3n) is 3.55. The van der Waals surface area contributed by atoms with Crippen LogP contribution < -0.4 is 0 Å². The second kappa shape index (κ2) is 4.44. The van der Waals surface area contributed by atoms with E-state index in [9.17, 15) is 5.11 Å². The van der Waals surface area contributed by atoms with E-state index in [2.05, 4.69) is 21.7 Å². The Morgan fingerprint density at radius 2 is 2.28 bits per heavy atom. The molecule has 4 heteroatoms. The summed E-state index contributed by atoms with van der Waals surface area (Å²) in [6.45, 7) is 3.27. The second-order valence-corrected chi connectivity index (χ2v) is 5.13. The van der Waals surface area contributed by atoms with Gasteiger partial charge in [-0.25, -0.2) is 0 Å². The van der Waals surface area contributed by atoms with Crippen molar-refractivity contribution >= 4 is 0 Å². The van der Waals surface area contributed by atoms with E-state index in [1.807, 2.05) is 12.1 Å². The predicted octanol–water partition coefficient (Wildman–Crippen LogP) is 2.16. The van der Waals surface area contributed by atoms with Crippen molar-refractivity contribution in [1.29, 1.82) is 0 Å². The molecule has 1 atom stereocenters. The van der Waals surface area contributed by atoms with Gasteiger partial charge in [0.25, 0.3) is 0 Å². The van der Waals surface area contributed by atoms with Crippen LogP contribution in [0.2, 0.25) is 0 Å². The van der Waals surface area contributed by atoms with Gasteiger partial charge >= 0.3 is 0 Å². The van der Waals surface area contributed by atoms with Crippen LogP contribution in [0.1, 0.15) is 30.6 Å². The third-order valence-corrected chi connectivity index (χ3v) is 3.55. The molecule has 94 valence electrons. The molecule has 0 saturated heterocycles. The van der Waals surface area contributed by atoms with E-state index in [0.29, 0.717) is 11.7 Å². The fraction of sp³-hybridized carbons (Fsp3) is 0.429. The van der Waals surface area contributed by atoms with E-state index in [1.54, 1.807) is 12.1 Å². The Morgan fingerprint density at radius 3 is 3.11 bits per heavy atom. The monoisotopic (exact) mass is 243 g/mol. The number of fused-ring (bicyclic) bond motifs is 1. The fourth-order valence-electron chi connectivity index (χ4n) is 2.52. The zero-order valence-electron chi connectivity index (χ0n) is 10.5. The van der Waals surface area contributed by atoms with Crippen LogP contribution in [-0.4, -0.2) is 19.9 Å². The van der Waals surface area contributed by atoms with Gasteiger partial charge in [0, 0.05) is 19.4 Å². The smallest absolute Gasteiger partial charge is 0.137 e. The Bertz CT molecular complexity index is 562. The van der Waals surface area contributed by atoms with Gasteiger partial charge in [0.2, 0.25) is 0 Å². The number of aromatic hydroxyl groups is 1. The summed E-state index contributed by atoms with van der Waals surface area (Å²) in [5.41, 5.74) is 1.07. The minimum absolute atomic E-state index is 0.305. The van der Waals surface area contributed by atoms with Gasteiger partial charge < -0.3 is 9.67 Å². The minimum Gasteiger partial charge on any atom is -0.508 e. The van der Waals surface area contributed by atoms with Gasteiger partial charge in [-0.15, -0.1) is 10.2 Å². The highest BCUT2D eigenvalue weighted by atomic mass is 16.3. The average Bonchev–Trinajstić information content (AvgIpc) is 2.72. The van der Waals surface area contributed by atoms with E-state index in [-0.39, 0.29) is 0 Å². The van der Waals surface area contributed by atoms with Crippen molar-refractivity contribution in [3.63, 3.8) is 0 Å². The van der Waals surface area contributed by atoms with Crippen LogP contribution in [-0.2, 0) is 19.4 Å². The van der Waals surface area contributed by atoms with Crippen LogP contribution in [0.4, 0.5) is 0 Å². The lowest BCUT2D eigenvalue weighted by Crippen LogP contribution is -2.19. The summed E-state index contributed by atoms with van der Waals surface area (Å²) in [5, 5.41) is 18.0. The molecule has 0 amide bonds. The topological polar surface area (TPSA) is 50.9 Å². The summed E-state index contributed by atoms with van der Waals surface area (Å²) < 4.78 is 2.23. The van der Waals surface area contributed by atoms with Crippen LogP contribution in [0.15, 0.2) is 24.3 Å². The molecule has 1 aromatic heterocycles. The summed E-state index contributed by atoms with van der Waals surface area (Å²) in [6, 6.07) is 7.34. The van der Waals surface area contributed by atoms with Gasteiger partial charge in [-0.1, -0.05) is 19.1 Å². The summed E-state index contributed by atoms with van der Waals surface area (Å²) in [6.07, 6.45) is 2.95. The minimum atomic E-state index is 0.305. The Hall–Kier alpha value is -1.84. The van der Waals surface area contributed by atoms with Crippen molar-refractivity contribution in [3.05, 3.63) is 41.5 Å². The fourth-order valence-corrected chi connectivity index (χ4v) is 2.52. The highest BCUT2D eigenvalue weighted by Gasteiger charge is 2.20. The average molecular weight is 243 g/mol. The molecule has 0 radical (unpaired) electrons. The lowest BCUT2D eigenvalue weighted by atomic mass is 10.00. The number of rotatable bonds is 2. The maximum atomic E-state index is 9.47. The number of phenolic OH excluding ortho intramolecular Hbond substituents is 1. The summed E-state index contributed by atoms with van der Waals surface area (Å²) in [5.74, 6) is 3.11. The van der Waals surface area contributed by atoms with Crippen LogP contribution >= 0.6 is 0 Å². The zero-order valence-corrected chi connectivity index (χ0v) is 10.5. The Labute approximate surface area is 106 Å². The molecule has 1 aliphatic heterocycles. The first-order chi connectivity index (χ1) is 8.72. The molecule has 0 bridgehead atoms. The highest BCUT2D eigenvalue weighted by Crippen LogP contribution is 2.21. The van der Waals surface area contributed by atoms with Crippen molar-refractivity contribution in [3.8, 4) is 5.75 Å². The number of phenols is 1. The molecular formula is C14H17N3O. The Kier molecular flexibility index (Phi) is 2.78. The summed E-state index contributed by atoms with van der Waals surface area (Å²) in [4.78, 5) is 0. The quantitative estimate of drug-likeness (QED) is 0.879. The summed E-state index contributed by atoms with van der Waals surface area (Å²) >= 11 is 0. The van der Waals surface area contributed by atoms with Gasteiger partial charge in [0.1, 0.15) is 17.4 Å². The van der Waals surface area contributed by atoms with Gasteiger partial charge in [-0.05, 0) is 30.0 Å². The molecule has 1 aliphatic rings. The molecule has 18 heavy (non-hydrogen) atoms. The van der Waals surface area contributed by atoms with E-state index in [1.165, 1.54) is 6.42 Å². The SMILES string of the molecule is CC1CCn2c(Cc3cccc(O)c3)nnc2C1. The zero-order chi connectivity index (χ0) is 12.5. The molecule has 1 N–H and O–H groups in total. The molecule has 2 aromatic rings. The standard InChI is InChI=1S/C14H17N3O/c1-10-5-6-17-13(7-10)15-16-14(17)9-11-3-2-4-12(18)8-11/h2-4,8,10,18H,5-7,9H2,1H3.